The Labute approximate surface area is 219 Å². The summed E-state index contributed by atoms with van der Waals surface area (Å²) in [4.78, 5) is 22.9. The van der Waals surface area contributed by atoms with Crippen LogP contribution in [0.3, 0.4) is 0 Å². The first-order chi connectivity index (χ1) is 19.1. The van der Waals surface area contributed by atoms with Gasteiger partial charge in [0.1, 0.15) is 17.7 Å². The minimum atomic E-state index is -0.671. The second kappa shape index (κ2) is 8.06. The van der Waals surface area contributed by atoms with E-state index in [4.69, 9.17) is 19.2 Å². The average Bonchev–Trinajstić information content (AvgIpc) is 3.41. The normalized spacial score (nSPS) is 14.3. The molecule has 39 heavy (non-hydrogen) atoms. The summed E-state index contributed by atoms with van der Waals surface area (Å²) in [5.41, 5.74) is 2.72. The van der Waals surface area contributed by atoms with E-state index in [0.717, 1.165) is 16.3 Å². The zero-order valence-corrected chi connectivity index (χ0v) is 20.2. The highest BCUT2D eigenvalue weighted by molar-refractivity contribution is 5.88. The van der Waals surface area contributed by atoms with Crippen molar-refractivity contribution in [1.29, 1.82) is 0 Å². The number of aromatic nitrogens is 4. The molecule has 0 fully saturated rings. The number of benzene rings is 4. The van der Waals surface area contributed by atoms with E-state index < -0.39 is 11.5 Å². The maximum Gasteiger partial charge on any atom is 0.344 e. The molecular formula is C31H17FN4O3. The molecular weight excluding hydrogens is 495 g/mol. The first-order valence-electron chi connectivity index (χ1n) is 12.4. The molecule has 0 bridgehead atoms. The summed E-state index contributed by atoms with van der Waals surface area (Å²) >= 11 is 0. The number of ether oxygens (including phenoxy) is 1. The van der Waals surface area contributed by atoms with Gasteiger partial charge >= 0.3 is 5.63 Å². The fraction of sp³-hybridized carbons (Fsp3) is 0.0323. The number of halogens is 1. The summed E-state index contributed by atoms with van der Waals surface area (Å²) in [5.74, 6) is 0.127. The van der Waals surface area contributed by atoms with Gasteiger partial charge in [-0.3, -0.25) is 0 Å². The van der Waals surface area contributed by atoms with Gasteiger partial charge in [-0.05, 0) is 46.7 Å². The van der Waals surface area contributed by atoms with E-state index in [0.29, 0.717) is 50.8 Å². The van der Waals surface area contributed by atoms with Crippen LogP contribution < -0.4 is 10.4 Å². The minimum absolute atomic E-state index is 0.303. The van der Waals surface area contributed by atoms with Gasteiger partial charge in [0.15, 0.2) is 17.2 Å². The van der Waals surface area contributed by atoms with Crippen LogP contribution in [0.25, 0.3) is 38.8 Å². The van der Waals surface area contributed by atoms with Crippen LogP contribution >= 0.6 is 0 Å². The maximum absolute atomic E-state index is 13.9. The zero-order valence-electron chi connectivity index (χ0n) is 20.2. The Hall–Kier alpha value is -5.37. The predicted octanol–water partition coefficient (Wildman–Crippen LogP) is 6.48. The third-order valence-corrected chi connectivity index (χ3v) is 7.17. The largest absolute Gasteiger partial charge is 0.437 e. The minimum Gasteiger partial charge on any atom is -0.437 e. The molecule has 0 aliphatic carbocycles. The van der Waals surface area contributed by atoms with Crippen molar-refractivity contribution in [2.75, 3.05) is 0 Å². The molecule has 3 aromatic heterocycles. The van der Waals surface area contributed by atoms with Crippen molar-refractivity contribution in [3.05, 3.63) is 130 Å². The third kappa shape index (κ3) is 3.28. The van der Waals surface area contributed by atoms with Crippen molar-refractivity contribution in [2.45, 2.75) is 5.92 Å². The van der Waals surface area contributed by atoms with Crippen LogP contribution in [-0.2, 0) is 0 Å². The highest BCUT2D eigenvalue weighted by Crippen LogP contribution is 2.48. The molecule has 0 spiro atoms. The summed E-state index contributed by atoms with van der Waals surface area (Å²) in [6, 6.07) is 27.3. The van der Waals surface area contributed by atoms with E-state index in [9.17, 15) is 9.18 Å². The lowest BCUT2D eigenvalue weighted by Crippen LogP contribution is -2.22. The van der Waals surface area contributed by atoms with Crippen LogP contribution in [0.2, 0.25) is 0 Å². The topological polar surface area (TPSA) is 82.5 Å². The summed E-state index contributed by atoms with van der Waals surface area (Å²) in [6.07, 6.45) is 1.55. The molecule has 4 heterocycles. The number of nitrogens with zero attached hydrogens (tertiary/aromatic N) is 4. The van der Waals surface area contributed by atoms with Gasteiger partial charge in [0.05, 0.1) is 22.4 Å². The van der Waals surface area contributed by atoms with Gasteiger partial charge in [0, 0.05) is 5.56 Å². The van der Waals surface area contributed by atoms with Crippen molar-refractivity contribution in [1.82, 2.24) is 19.6 Å². The quantitative estimate of drug-likeness (QED) is 0.247. The predicted molar refractivity (Wildman–Crippen MR) is 144 cm³/mol. The van der Waals surface area contributed by atoms with Crippen LogP contribution in [0.15, 0.2) is 107 Å². The van der Waals surface area contributed by atoms with Crippen LogP contribution in [0.5, 0.6) is 11.6 Å². The van der Waals surface area contributed by atoms with Gasteiger partial charge in [-0.2, -0.15) is 0 Å². The van der Waals surface area contributed by atoms with E-state index in [1.807, 2.05) is 54.6 Å². The average molecular weight is 513 g/mol. The molecule has 0 saturated carbocycles. The molecule has 186 valence electrons. The third-order valence-electron chi connectivity index (χ3n) is 7.17. The fourth-order valence-corrected chi connectivity index (χ4v) is 5.37. The number of hydrogen-bond donors (Lipinski definition) is 0. The van der Waals surface area contributed by atoms with Gasteiger partial charge in [-0.25, -0.2) is 23.7 Å². The molecule has 0 amide bonds. The number of rotatable bonds is 2. The number of hydrogen-bond acceptors (Lipinski definition) is 6. The highest BCUT2D eigenvalue weighted by Gasteiger charge is 2.37. The molecule has 8 heteroatoms. The van der Waals surface area contributed by atoms with E-state index in [1.165, 1.54) is 12.1 Å². The molecule has 0 radical (unpaired) electrons. The summed E-state index contributed by atoms with van der Waals surface area (Å²) < 4.78 is 27.5. The van der Waals surface area contributed by atoms with Crippen LogP contribution in [0, 0.1) is 5.82 Å². The van der Waals surface area contributed by atoms with Crippen molar-refractivity contribution in [3.8, 4) is 23.0 Å². The molecule has 7 nitrogen and oxygen atoms in total. The summed E-state index contributed by atoms with van der Waals surface area (Å²) in [5, 5.41) is 7.52. The Morgan fingerprint density at radius 1 is 0.846 bits per heavy atom. The fourth-order valence-electron chi connectivity index (χ4n) is 5.37. The summed E-state index contributed by atoms with van der Waals surface area (Å²) in [6.45, 7) is 0. The monoisotopic (exact) mass is 512 g/mol. The van der Waals surface area contributed by atoms with E-state index in [-0.39, 0.29) is 5.82 Å². The second-order valence-electron chi connectivity index (χ2n) is 9.44. The van der Waals surface area contributed by atoms with Gasteiger partial charge in [0.25, 0.3) is 0 Å². The van der Waals surface area contributed by atoms with Crippen molar-refractivity contribution in [3.63, 3.8) is 0 Å². The maximum atomic E-state index is 13.9. The van der Waals surface area contributed by atoms with Gasteiger partial charge < -0.3 is 9.15 Å². The summed E-state index contributed by atoms with van der Waals surface area (Å²) in [7, 11) is 0. The van der Waals surface area contributed by atoms with Crippen LogP contribution in [0.1, 0.15) is 22.6 Å². The van der Waals surface area contributed by atoms with Gasteiger partial charge in [-0.15, -0.1) is 5.10 Å². The molecule has 1 aliphatic heterocycles. The molecule has 1 unspecified atom stereocenters. The van der Waals surface area contributed by atoms with E-state index in [2.05, 4.69) is 4.98 Å². The Morgan fingerprint density at radius 2 is 1.64 bits per heavy atom. The first-order valence-corrected chi connectivity index (χ1v) is 12.4. The van der Waals surface area contributed by atoms with E-state index >= 15 is 0 Å². The first kappa shape index (κ1) is 21.7. The SMILES string of the molecule is O=c1oc2ccccc2c2c1C(c1ccc(F)cc1)c1c(ncn3nc(-c4ccc5ccccc5c4)nc13)O2. The van der Waals surface area contributed by atoms with Crippen molar-refractivity contribution < 1.29 is 13.5 Å². The molecule has 1 atom stereocenters. The molecule has 0 N–H and O–H groups in total. The van der Waals surface area contributed by atoms with Gasteiger partial charge in [-0.1, -0.05) is 60.7 Å². The molecule has 7 aromatic rings. The Bertz CT molecular complexity index is 2150. The highest BCUT2D eigenvalue weighted by atomic mass is 19.1. The molecule has 1 aliphatic rings. The number of para-hydroxylation sites is 1. The number of fused-ring (bicyclic) bond motifs is 7. The lowest BCUT2D eigenvalue weighted by Gasteiger charge is -2.27. The Kier molecular flexibility index (Phi) is 4.48. The lowest BCUT2D eigenvalue weighted by molar-refractivity contribution is 0.422. The Morgan fingerprint density at radius 3 is 2.51 bits per heavy atom. The van der Waals surface area contributed by atoms with Crippen LogP contribution in [0.4, 0.5) is 4.39 Å². The van der Waals surface area contributed by atoms with Crippen LogP contribution in [-0.4, -0.2) is 19.6 Å². The lowest BCUT2D eigenvalue weighted by atomic mass is 9.84. The molecule has 8 rings (SSSR count). The molecule has 4 aromatic carbocycles. The molecule has 0 saturated heterocycles. The standard InChI is InChI=1S/C31H17FN4O3/c32-21-13-11-18(12-14-21)24-25-27(22-7-3-4-8-23(22)38-31(25)37)39-30-26(24)29-34-28(35-36(29)16-33-30)20-10-9-17-5-1-2-6-19(17)15-20/h1-16,24H. The second-order valence-corrected chi connectivity index (χ2v) is 9.44. The zero-order chi connectivity index (χ0) is 26.1. The van der Waals surface area contributed by atoms with Crippen molar-refractivity contribution in [2.24, 2.45) is 0 Å². The Balaban J connectivity index is 1.40. The smallest absolute Gasteiger partial charge is 0.344 e. The van der Waals surface area contributed by atoms with Crippen molar-refractivity contribution >= 4 is 27.4 Å². The van der Waals surface area contributed by atoms with E-state index in [1.54, 1.807) is 35.1 Å². The van der Waals surface area contributed by atoms with Gasteiger partial charge in [0.2, 0.25) is 5.88 Å².